The van der Waals surface area contributed by atoms with Crippen LogP contribution in [0, 0.1) is 0 Å². The Bertz CT molecular complexity index is 746. The van der Waals surface area contributed by atoms with Crippen molar-refractivity contribution in [3.05, 3.63) is 29.8 Å². The highest BCUT2D eigenvalue weighted by molar-refractivity contribution is 8.00. The van der Waals surface area contributed by atoms with Crippen LogP contribution in [0.15, 0.2) is 24.3 Å². The van der Waals surface area contributed by atoms with Gasteiger partial charge in [-0.1, -0.05) is 31.4 Å². The highest BCUT2D eigenvalue weighted by Crippen LogP contribution is 2.22. The van der Waals surface area contributed by atoms with Gasteiger partial charge in [-0.2, -0.15) is 0 Å². The van der Waals surface area contributed by atoms with E-state index in [1.807, 2.05) is 7.05 Å². The first-order valence-corrected chi connectivity index (χ1v) is 10.9. The van der Waals surface area contributed by atoms with E-state index in [1.165, 1.54) is 25.1 Å². The molecule has 1 saturated carbocycles. The van der Waals surface area contributed by atoms with E-state index < -0.39 is 18.5 Å². The van der Waals surface area contributed by atoms with Gasteiger partial charge in [-0.25, -0.2) is 0 Å². The molecule has 1 aliphatic carbocycles. The molecule has 29 heavy (non-hydrogen) atoms. The van der Waals surface area contributed by atoms with E-state index in [0.29, 0.717) is 17.3 Å². The molecule has 8 heteroatoms. The van der Waals surface area contributed by atoms with Crippen LogP contribution in [-0.2, 0) is 19.1 Å². The SMILES string of the molecule is CC(=O)c1ccccc1NC(=O)COC(=O)CSCC(=O)N(C)C1CCCCC1. The van der Waals surface area contributed by atoms with Gasteiger partial charge in [0.25, 0.3) is 5.91 Å². The van der Waals surface area contributed by atoms with Gasteiger partial charge in [-0.05, 0) is 31.9 Å². The van der Waals surface area contributed by atoms with E-state index in [9.17, 15) is 19.2 Å². The van der Waals surface area contributed by atoms with Crippen molar-refractivity contribution in [1.29, 1.82) is 0 Å². The molecular weight excluding hydrogens is 392 g/mol. The predicted octanol–water partition coefficient (Wildman–Crippen LogP) is 2.90. The smallest absolute Gasteiger partial charge is 0.316 e. The number of Topliss-reactive ketones (excluding diaryl/α,β-unsaturated/α-hetero) is 1. The first kappa shape index (κ1) is 22.9. The number of anilines is 1. The number of nitrogens with zero attached hydrogens (tertiary/aromatic N) is 1. The van der Waals surface area contributed by atoms with Gasteiger partial charge in [-0.3, -0.25) is 19.2 Å². The largest absolute Gasteiger partial charge is 0.455 e. The second-order valence-electron chi connectivity index (χ2n) is 7.10. The number of para-hydroxylation sites is 1. The maximum absolute atomic E-state index is 12.2. The first-order valence-electron chi connectivity index (χ1n) is 9.77. The molecule has 1 aromatic rings. The number of benzene rings is 1. The van der Waals surface area contributed by atoms with Gasteiger partial charge in [0, 0.05) is 18.7 Å². The van der Waals surface area contributed by atoms with E-state index in [-0.39, 0.29) is 23.2 Å². The number of amides is 2. The van der Waals surface area contributed by atoms with Crippen LogP contribution in [0.3, 0.4) is 0 Å². The van der Waals surface area contributed by atoms with Gasteiger partial charge in [-0.15, -0.1) is 11.8 Å². The summed E-state index contributed by atoms with van der Waals surface area (Å²) in [5, 5.41) is 2.57. The lowest BCUT2D eigenvalue weighted by atomic mass is 9.94. The summed E-state index contributed by atoms with van der Waals surface area (Å²) in [6, 6.07) is 6.93. The van der Waals surface area contributed by atoms with Crippen LogP contribution in [0.1, 0.15) is 49.4 Å². The standard InChI is InChI=1S/C21H28N2O5S/c1-15(24)17-10-6-7-11-18(17)22-19(25)12-28-21(27)14-29-13-20(26)23(2)16-8-4-3-5-9-16/h6-7,10-11,16H,3-5,8-9,12-14H2,1-2H3,(H,22,25). The third-order valence-electron chi connectivity index (χ3n) is 4.91. The third kappa shape index (κ3) is 7.53. The molecule has 2 rings (SSSR count). The zero-order chi connectivity index (χ0) is 21.2. The van der Waals surface area contributed by atoms with Gasteiger partial charge in [0.15, 0.2) is 12.4 Å². The number of ether oxygens (including phenoxy) is 1. The lowest BCUT2D eigenvalue weighted by molar-refractivity contribution is -0.144. The van der Waals surface area contributed by atoms with Crippen molar-refractivity contribution in [1.82, 2.24) is 4.90 Å². The summed E-state index contributed by atoms with van der Waals surface area (Å²) in [5.74, 6) is -1.03. The molecule has 1 aromatic carbocycles. The fraction of sp³-hybridized carbons (Fsp3) is 0.524. The number of hydrogen-bond acceptors (Lipinski definition) is 6. The molecule has 0 spiro atoms. The number of hydrogen-bond donors (Lipinski definition) is 1. The molecule has 0 atom stereocenters. The predicted molar refractivity (Wildman–Crippen MR) is 113 cm³/mol. The summed E-state index contributed by atoms with van der Waals surface area (Å²) in [6.45, 7) is 0.969. The van der Waals surface area contributed by atoms with Gasteiger partial charge in [0.1, 0.15) is 0 Å². The lowest BCUT2D eigenvalue weighted by Gasteiger charge is -2.31. The Kier molecular flexibility index (Phi) is 9.18. The number of carbonyl (C=O) groups excluding carboxylic acids is 4. The summed E-state index contributed by atoms with van der Waals surface area (Å²) in [4.78, 5) is 49.4. The van der Waals surface area contributed by atoms with Crippen LogP contribution in [0.2, 0.25) is 0 Å². The Morgan fingerprint density at radius 3 is 2.48 bits per heavy atom. The highest BCUT2D eigenvalue weighted by atomic mass is 32.2. The van der Waals surface area contributed by atoms with Crippen LogP contribution in [0.4, 0.5) is 5.69 Å². The van der Waals surface area contributed by atoms with Gasteiger partial charge >= 0.3 is 5.97 Å². The van der Waals surface area contributed by atoms with Crippen molar-refractivity contribution >= 4 is 41.0 Å². The number of esters is 1. The minimum absolute atomic E-state index is 0.00155. The second kappa shape index (κ2) is 11.6. The highest BCUT2D eigenvalue weighted by Gasteiger charge is 2.22. The molecule has 1 fully saturated rings. The number of thioether (sulfide) groups is 1. The zero-order valence-electron chi connectivity index (χ0n) is 16.9. The van der Waals surface area contributed by atoms with E-state index in [2.05, 4.69) is 5.32 Å². The summed E-state index contributed by atoms with van der Waals surface area (Å²) in [7, 11) is 1.82. The van der Waals surface area contributed by atoms with E-state index >= 15 is 0 Å². The average Bonchev–Trinajstić information content (AvgIpc) is 2.72. The van der Waals surface area contributed by atoms with Crippen LogP contribution in [0.25, 0.3) is 0 Å². The minimum atomic E-state index is -0.557. The van der Waals surface area contributed by atoms with Crippen LogP contribution >= 0.6 is 11.8 Å². The fourth-order valence-corrected chi connectivity index (χ4v) is 4.00. The van der Waals surface area contributed by atoms with Crippen molar-refractivity contribution in [3.63, 3.8) is 0 Å². The molecule has 0 aromatic heterocycles. The normalized spacial score (nSPS) is 14.1. The van der Waals surface area contributed by atoms with E-state index in [4.69, 9.17) is 4.74 Å². The molecule has 0 bridgehead atoms. The zero-order valence-corrected chi connectivity index (χ0v) is 17.8. The molecule has 1 N–H and O–H groups in total. The molecule has 0 unspecified atom stereocenters. The van der Waals surface area contributed by atoms with Gasteiger partial charge in [0.05, 0.1) is 17.2 Å². The molecule has 1 aliphatic rings. The summed E-state index contributed by atoms with van der Waals surface area (Å²) in [6.07, 6.45) is 5.61. The summed E-state index contributed by atoms with van der Waals surface area (Å²) >= 11 is 1.18. The Morgan fingerprint density at radius 1 is 1.10 bits per heavy atom. The van der Waals surface area contributed by atoms with Gasteiger partial charge < -0.3 is 15.0 Å². The monoisotopic (exact) mass is 420 g/mol. The van der Waals surface area contributed by atoms with E-state index in [0.717, 1.165) is 25.7 Å². The van der Waals surface area contributed by atoms with E-state index in [1.54, 1.807) is 29.2 Å². The van der Waals surface area contributed by atoms with Crippen LogP contribution in [0.5, 0.6) is 0 Å². The Balaban J connectivity index is 1.67. The maximum atomic E-state index is 12.2. The molecule has 0 saturated heterocycles. The Labute approximate surface area is 175 Å². The fourth-order valence-electron chi connectivity index (χ4n) is 3.27. The van der Waals surface area contributed by atoms with Crippen LogP contribution < -0.4 is 5.32 Å². The lowest BCUT2D eigenvalue weighted by Crippen LogP contribution is -2.39. The number of carbonyl (C=O) groups is 4. The van der Waals surface area contributed by atoms with Crippen molar-refractivity contribution < 1.29 is 23.9 Å². The molecule has 7 nitrogen and oxygen atoms in total. The van der Waals surface area contributed by atoms with Crippen molar-refractivity contribution in [2.75, 3.05) is 30.5 Å². The molecule has 0 aliphatic heterocycles. The van der Waals surface area contributed by atoms with Gasteiger partial charge in [0.2, 0.25) is 5.91 Å². The van der Waals surface area contributed by atoms with Crippen molar-refractivity contribution in [2.24, 2.45) is 0 Å². The average molecular weight is 421 g/mol. The molecular formula is C21H28N2O5S. The quantitative estimate of drug-likeness (QED) is 0.488. The third-order valence-corrected chi connectivity index (χ3v) is 5.80. The maximum Gasteiger partial charge on any atom is 0.316 e. The molecule has 0 radical (unpaired) electrons. The molecule has 158 valence electrons. The van der Waals surface area contributed by atoms with Crippen molar-refractivity contribution in [2.45, 2.75) is 45.1 Å². The Hall–Kier alpha value is -2.35. The second-order valence-corrected chi connectivity index (χ2v) is 8.09. The number of nitrogens with one attached hydrogen (secondary N) is 1. The minimum Gasteiger partial charge on any atom is -0.455 e. The van der Waals surface area contributed by atoms with Crippen LogP contribution in [-0.4, -0.2) is 59.7 Å². The Morgan fingerprint density at radius 2 is 1.79 bits per heavy atom. The summed E-state index contributed by atoms with van der Waals surface area (Å²) in [5.41, 5.74) is 0.773. The molecule has 2 amide bonds. The topological polar surface area (TPSA) is 92.8 Å². The molecule has 0 heterocycles. The number of rotatable bonds is 9. The number of ketones is 1. The first-order chi connectivity index (χ1) is 13.9. The summed E-state index contributed by atoms with van der Waals surface area (Å²) < 4.78 is 4.95. The van der Waals surface area contributed by atoms with Crippen molar-refractivity contribution in [3.8, 4) is 0 Å².